The highest BCUT2D eigenvalue weighted by Crippen LogP contribution is 2.34. The number of benzene rings is 2. The first-order valence-corrected chi connectivity index (χ1v) is 11.8. The summed E-state index contributed by atoms with van der Waals surface area (Å²) in [6, 6.07) is 17.2. The molecular formula is C26H24N4O3S. The van der Waals surface area contributed by atoms with Gasteiger partial charge in [0.15, 0.2) is 0 Å². The average molecular weight is 473 g/mol. The van der Waals surface area contributed by atoms with E-state index in [-0.39, 0.29) is 24.1 Å². The second kappa shape index (κ2) is 8.87. The lowest BCUT2D eigenvalue weighted by Gasteiger charge is -2.22. The van der Waals surface area contributed by atoms with Gasteiger partial charge in [0.25, 0.3) is 11.5 Å². The van der Waals surface area contributed by atoms with E-state index in [1.807, 2.05) is 68.4 Å². The summed E-state index contributed by atoms with van der Waals surface area (Å²) in [6.07, 6.45) is 2.04. The standard InChI is InChI=1S/C26H24N4O3S/c1-16-17(2)34-25-24(16)26(32)29(15-27-25)14-23(31)30-22(19-9-11-20(33-3)12-10-19)13-21(28-30)18-7-5-4-6-8-18/h4-12,15,22H,13-14H2,1-3H3/t22-/m1/s1. The summed E-state index contributed by atoms with van der Waals surface area (Å²) in [6.45, 7) is 3.76. The van der Waals surface area contributed by atoms with Crippen molar-refractivity contribution in [3.05, 3.63) is 92.8 Å². The number of ether oxygens (including phenoxy) is 1. The first kappa shape index (κ1) is 22.0. The Bertz CT molecular complexity index is 1460. The van der Waals surface area contributed by atoms with Crippen LogP contribution in [0.4, 0.5) is 0 Å². The van der Waals surface area contributed by atoms with Crippen molar-refractivity contribution in [2.45, 2.75) is 32.9 Å². The predicted octanol–water partition coefficient (Wildman–Crippen LogP) is 4.46. The van der Waals surface area contributed by atoms with E-state index >= 15 is 0 Å². The monoisotopic (exact) mass is 472 g/mol. The SMILES string of the molecule is COc1ccc([C@H]2CC(c3ccccc3)=NN2C(=O)Cn2cnc3sc(C)c(C)c3c2=O)cc1. The number of thiophene rings is 1. The van der Waals surface area contributed by atoms with Gasteiger partial charge < -0.3 is 4.74 Å². The fraction of sp³-hybridized carbons (Fsp3) is 0.231. The van der Waals surface area contributed by atoms with Crippen molar-refractivity contribution in [3.8, 4) is 5.75 Å². The maximum atomic E-state index is 13.5. The van der Waals surface area contributed by atoms with Crippen molar-refractivity contribution >= 4 is 33.2 Å². The first-order chi connectivity index (χ1) is 16.5. The molecule has 0 bridgehead atoms. The van der Waals surface area contributed by atoms with Crippen LogP contribution in [0.25, 0.3) is 10.2 Å². The van der Waals surface area contributed by atoms with Crippen molar-refractivity contribution in [2.24, 2.45) is 5.10 Å². The zero-order valence-electron chi connectivity index (χ0n) is 19.2. The van der Waals surface area contributed by atoms with Crippen LogP contribution >= 0.6 is 11.3 Å². The molecule has 1 aliphatic rings. The molecule has 0 aliphatic carbocycles. The number of methoxy groups -OCH3 is 1. The summed E-state index contributed by atoms with van der Waals surface area (Å²) in [5.74, 6) is 0.482. The third-order valence-electron chi connectivity index (χ3n) is 6.23. The Labute approximate surface area is 200 Å². The van der Waals surface area contributed by atoms with Gasteiger partial charge in [0.1, 0.15) is 17.1 Å². The fourth-order valence-electron chi connectivity index (χ4n) is 4.23. The molecule has 7 nitrogen and oxygen atoms in total. The number of nitrogens with zero attached hydrogens (tertiary/aromatic N) is 4. The summed E-state index contributed by atoms with van der Waals surface area (Å²) in [4.78, 5) is 32.8. The molecule has 1 amide bonds. The number of fused-ring (bicyclic) bond motifs is 1. The molecule has 0 saturated heterocycles. The van der Waals surface area contributed by atoms with E-state index in [0.717, 1.165) is 33.0 Å². The molecule has 0 saturated carbocycles. The smallest absolute Gasteiger partial charge is 0.263 e. The van der Waals surface area contributed by atoms with Gasteiger partial charge in [-0.15, -0.1) is 11.3 Å². The van der Waals surface area contributed by atoms with Gasteiger partial charge in [-0.1, -0.05) is 42.5 Å². The molecule has 0 unspecified atom stereocenters. The van der Waals surface area contributed by atoms with Gasteiger partial charge >= 0.3 is 0 Å². The lowest BCUT2D eigenvalue weighted by Crippen LogP contribution is -2.34. The van der Waals surface area contributed by atoms with E-state index in [1.54, 1.807) is 7.11 Å². The van der Waals surface area contributed by atoms with Gasteiger partial charge in [-0.2, -0.15) is 5.10 Å². The molecule has 0 fully saturated rings. The molecule has 0 spiro atoms. The van der Waals surface area contributed by atoms with Crippen LogP contribution in [-0.2, 0) is 11.3 Å². The molecule has 3 heterocycles. The maximum absolute atomic E-state index is 13.5. The summed E-state index contributed by atoms with van der Waals surface area (Å²) in [5, 5.41) is 6.79. The van der Waals surface area contributed by atoms with E-state index in [4.69, 9.17) is 9.84 Å². The Hall–Kier alpha value is -3.78. The minimum absolute atomic E-state index is 0.131. The van der Waals surface area contributed by atoms with Gasteiger partial charge in [0.2, 0.25) is 0 Å². The number of aromatic nitrogens is 2. The van der Waals surface area contributed by atoms with Crippen molar-refractivity contribution in [1.82, 2.24) is 14.6 Å². The molecule has 2 aromatic heterocycles. The van der Waals surface area contributed by atoms with E-state index in [9.17, 15) is 9.59 Å². The lowest BCUT2D eigenvalue weighted by atomic mass is 9.98. The van der Waals surface area contributed by atoms with Crippen LogP contribution in [0.3, 0.4) is 0 Å². The molecule has 4 aromatic rings. The molecule has 5 rings (SSSR count). The Morgan fingerprint density at radius 1 is 1.12 bits per heavy atom. The molecule has 1 aliphatic heterocycles. The van der Waals surface area contributed by atoms with E-state index in [2.05, 4.69) is 4.98 Å². The van der Waals surface area contributed by atoms with Crippen LogP contribution in [0.1, 0.15) is 34.0 Å². The van der Waals surface area contributed by atoms with E-state index < -0.39 is 0 Å². The minimum atomic E-state index is -0.272. The number of hydrogen-bond acceptors (Lipinski definition) is 6. The Morgan fingerprint density at radius 2 is 1.85 bits per heavy atom. The number of amides is 1. The van der Waals surface area contributed by atoms with Gasteiger partial charge in [-0.25, -0.2) is 9.99 Å². The molecule has 1 atom stereocenters. The van der Waals surface area contributed by atoms with Gasteiger partial charge in [0, 0.05) is 11.3 Å². The molecule has 8 heteroatoms. The topological polar surface area (TPSA) is 76.8 Å². The quantitative estimate of drug-likeness (QED) is 0.430. The summed E-state index contributed by atoms with van der Waals surface area (Å²) < 4.78 is 6.66. The van der Waals surface area contributed by atoms with Crippen molar-refractivity contribution < 1.29 is 9.53 Å². The summed E-state index contributed by atoms with van der Waals surface area (Å²) >= 11 is 1.49. The zero-order chi connectivity index (χ0) is 23.8. The van der Waals surface area contributed by atoms with Gasteiger partial charge in [0.05, 0.1) is 30.6 Å². The van der Waals surface area contributed by atoms with E-state index in [1.165, 1.54) is 27.2 Å². The number of aryl methyl sites for hydroxylation is 2. The molecule has 34 heavy (non-hydrogen) atoms. The Morgan fingerprint density at radius 3 is 2.56 bits per heavy atom. The number of carbonyl (C=O) groups excluding carboxylic acids is 1. The highest BCUT2D eigenvalue weighted by atomic mass is 32.1. The van der Waals surface area contributed by atoms with Gasteiger partial charge in [-0.3, -0.25) is 14.2 Å². The second-order valence-electron chi connectivity index (χ2n) is 8.29. The van der Waals surface area contributed by atoms with Crippen molar-refractivity contribution in [2.75, 3.05) is 7.11 Å². The van der Waals surface area contributed by atoms with Crippen LogP contribution in [0.15, 0.2) is 70.8 Å². The molecule has 0 radical (unpaired) electrons. The van der Waals surface area contributed by atoms with Crippen LogP contribution < -0.4 is 10.3 Å². The minimum Gasteiger partial charge on any atom is -0.497 e. The number of hydrazone groups is 1. The Balaban J connectivity index is 1.50. The largest absolute Gasteiger partial charge is 0.497 e. The third kappa shape index (κ3) is 3.90. The number of hydrogen-bond donors (Lipinski definition) is 0. The normalized spacial score (nSPS) is 15.6. The predicted molar refractivity (Wildman–Crippen MR) is 134 cm³/mol. The van der Waals surface area contributed by atoms with Gasteiger partial charge in [-0.05, 0) is 42.7 Å². The van der Waals surface area contributed by atoms with E-state index in [0.29, 0.717) is 16.6 Å². The van der Waals surface area contributed by atoms with Crippen LogP contribution in [-0.4, -0.2) is 33.3 Å². The Kier molecular flexibility index (Phi) is 5.75. The number of carbonyl (C=O) groups is 1. The van der Waals surface area contributed by atoms with Crippen molar-refractivity contribution in [3.63, 3.8) is 0 Å². The molecular weight excluding hydrogens is 448 g/mol. The first-order valence-electron chi connectivity index (χ1n) is 11.0. The van der Waals surface area contributed by atoms with Crippen LogP contribution in [0.5, 0.6) is 5.75 Å². The fourth-order valence-corrected chi connectivity index (χ4v) is 5.22. The highest BCUT2D eigenvalue weighted by Gasteiger charge is 2.33. The zero-order valence-corrected chi connectivity index (χ0v) is 20.0. The molecule has 172 valence electrons. The second-order valence-corrected chi connectivity index (χ2v) is 9.49. The molecule has 2 aromatic carbocycles. The number of rotatable bonds is 5. The lowest BCUT2D eigenvalue weighted by molar-refractivity contribution is -0.133. The average Bonchev–Trinajstić information content (AvgIpc) is 3.43. The maximum Gasteiger partial charge on any atom is 0.263 e. The van der Waals surface area contributed by atoms with Crippen molar-refractivity contribution in [1.29, 1.82) is 0 Å². The highest BCUT2D eigenvalue weighted by molar-refractivity contribution is 7.18. The third-order valence-corrected chi connectivity index (χ3v) is 7.35. The van der Waals surface area contributed by atoms with Crippen LogP contribution in [0.2, 0.25) is 0 Å². The van der Waals surface area contributed by atoms with Crippen LogP contribution in [0, 0.1) is 13.8 Å². The summed E-state index contributed by atoms with van der Waals surface area (Å²) in [7, 11) is 1.62. The molecule has 0 N–H and O–H groups in total. The summed E-state index contributed by atoms with van der Waals surface area (Å²) in [5.41, 5.74) is 3.48.